The van der Waals surface area contributed by atoms with E-state index < -0.39 is 0 Å². The van der Waals surface area contributed by atoms with Crippen LogP contribution in [0.2, 0.25) is 0 Å². The molecule has 2 heterocycles. The largest absolute Gasteiger partial charge is 0.329 e. The van der Waals surface area contributed by atoms with Crippen molar-refractivity contribution in [1.82, 2.24) is 19.7 Å². The summed E-state index contributed by atoms with van der Waals surface area (Å²) in [6.07, 6.45) is 5.57. The maximum absolute atomic E-state index is 4.26. The molecule has 4 aromatic rings. The van der Waals surface area contributed by atoms with Crippen LogP contribution in [0.15, 0.2) is 79.3 Å². The molecule has 4 rings (SSSR count). The number of nitrogens with zero attached hydrogens (tertiary/aromatic N) is 4. The van der Waals surface area contributed by atoms with Crippen LogP contribution in [0, 0.1) is 6.92 Å². The van der Waals surface area contributed by atoms with E-state index in [2.05, 4.69) is 74.3 Å². The van der Waals surface area contributed by atoms with E-state index >= 15 is 0 Å². The molecule has 4 heteroatoms. The first-order chi connectivity index (χ1) is 12.3. The molecule has 0 atom stereocenters. The first-order valence-corrected chi connectivity index (χ1v) is 8.25. The summed E-state index contributed by atoms with van der Waals surface area (Å²) in [6.45, 7) is 2.66. The zero-order chi connectivity index (χ0) is 17.1. The molecule has 0 fully saturated rings. The van der Waals surface area contributed by atoms with Crippen LogP contribution in [0.4, 0.5) is 0 Å². The average molecular weight is 326 g/mol. The number of hydrogen-bond acceptors (Lipinski definition) is 3. The minimum absolute atomic E-state index is 0.672. The lowest BCUT2D eigenvalue weighted by molar-refractivity contribution is 0.727. The fourth-order valence-electron chi connectivity index (χ4n) is 2.90. The summed E-state index contributed by atoms with van der Waals surface area (Å²) >= 11 is 0. The molecule has 0 radical (unpaired) electrons. The number of aryl methyl sites for hydroxylation is 1. The summed E-state index contributed by atoms with van der Waals surface area (Å²) in [6, 6.07) is 21.0. The molecule has 0 saturated heterocycles. The second kappa shape index (κ2) is 6.69. The second-order valence-electron chi connectivity index (χ2n) is 5.98. The molecular weight excluding hydrogens is 308 g/mol. The summed E-state index contributed by atoms with van der Waals surface area (Å²) in [5.74, 6) is 0.971. The Kier molecular flexibility index (Phi) is 4.09. The third-order valence-corrected chi connectivity index (χ3v) is 4.26. The van der Waals surface area contributed by atoms with Gasteiger partial charge in [0.25, 0.3) is 0 Å². The van der Waals surface area contributed by atoms with Crippen molar-refractivity contribution in [2.45, 2.75) is 13.5 Å². The highest BCUT2D eigenvalue weighted by Crippen LogP contribution is 2.26. The van der Waals surface area contributed by atoms with Crippen LogP contribution in [0.25, 0.3) is 22.3 Å². The van der Waals surface area contributed by atoms with Crippen molar-refractivity contribution in [3.63, 3.8) is 0 Å². The smallest absolute Gasteiger partial charge is 0.105 e. The van der Waals surface area contributed by atoms with Crippen LogP contribution in [0.5, 0.6) is 0 Å². The standard InChI is InChI=1S/C21H18N4/c1-16-22-10-11-25(16)15-21-13-20(14-23-24-21)19-9-5-8-18(12-19)17-6-3-2-4-7-17/h2-14H,15H2,1H3. The molecule has 0 N–H and O–H groups in total. The van der Waals surface area contributed by atoms with Gasteiger partial charge in [-0.05, 0) is 35.7 Å². The summed E-state index contributed by atoms with van der Waals surface area (Å²) in [5, 5.41) is 8.45. The zero-order valence-electron chi connectivity index (χ0n) is 14.0. The predicted octanol–water partition coefficient (Wildman–Crippen LogP) is 4.36. The van der Waals surface area contributed by atoms with Crippen molar-refractivity contribution in [2.75, 3.05) is 0 Å². The van der Waals surface area contributed by atoms with E-state index in [1.165, 1.54) is 11.1 Å². The molecule has 4 nitrogen and oxygen atoms in total. The summed E-state index contributed by atoms with van der Waals surface area (Å²) in [7, 11) is 0. The quantitative estimate of drug-likeness (QED) is 0.559. The molecule has 122 valence electrons. The molecule has 2 aromatic carbocycles. The number of rotatable bonds is 4. The number of hydrogen-bond donors (Lipinski definition) is 0. The fraction of sp³-hybridized carbons (Fsp3) is 0.0952. The number of benzene rings is 2. The van der Waals surface area contributed by atoms with E-state index in [0.717, 1.165) is 22.6 Å². The van der Waals surface area contributed by atoms with Crippen LogP contribution in [-0.4, -0.2) is 19.7 Å². The zero-order valence-corrected chi connectivity index (χ0v) is 14.0. The summed E-state index contributed by atoms with van der Waals surface area (Å²) in [4.78, 5) is 4.25. The molecule has 0 saturated carbocycles. The van der Waals surface area contributed by atoms with Gasteiger partial charge in [-0.15, -0.1) is 0 Å². The Balaban J connectivity index is 1.66. The average Bonchev–Trinajstić information content (AvgIpc) is 3.07. The van der Waals surface area contributed by atoms with Gasteiger partial charge in [-0.2, -0.15) is 10.2 Å². The summed E-state index contributed by atoms with van der Waals surface area (Å²) < 4.78 is 2.06. The normalized spacial score (nSPS) is 10.8. The molecule has 0 aliphatic heterocycles. The van der Waals surface area contributed by atoms with E-state index in [1.54, 1.807) is 6.20 Å². The monoisotopic (exact) mass is 326 g/mol. The Labute approximate surface area is 146 Å². The first-order valence-electron chi connectivity index (χ1n) is 8.25. The van der Waals surface area contributed by atoms with Crippen LogP contribution >= 0.6 is 0 Å². The van der Waals surface area contributed by atoms with Crippen LogP contribution < -0.4 is 0 Å². The van der Waals surface area contributed by atoms with Gasteiger partial charge in [0.15, 0.2) is 0 Å². The van der Waals surface area contributed by atoms with E-state index in [9.17, 15) is 0 Å². The van der Waals surface area contributed by atoms with Gasteiger partial charge in [0.05, 0.1) is 18.4 Å². The van der Waals surface area contributed by atoms with E-state index in [4.69, 9.17) is 0 Å². The van der Waals surface area contributed by atoms with Gasteiger partial charge in [0.1, 0.15) is 5.82 Å². The van der Waals surface area contributed by atoms with Gasteiger partial charge >= 0.3 is 0 Å². The van der Waals surface area contributed by atoms with Crippen molar-refractivity contribution >= 4 is 0 Å². The third kappa shape index (κ3) is 3.33. The topological polar surface area (TPSA) is 43.6 Å². The minimum atomic E-state index is 0.672. The van der Waals surface area contributed by atoms with Crippen LogP contribution in [0.3, 0.4) is 0 Å². The van der Waals surface area contributed by atoms with Crippen molar-refractivity contribution in [2.24, 2.45) is 0 Å². The van der Waals surface area contributed by atoms with Crippen molar-refractivity contribution < 1.29 is 0 Å². The van der Waals surface area contributed by atoms with Gasteiger partial charge in [0, 0.05) is 18.0 Å². The maximum Gasteiger partial charge on any atom is 0.105 e. The Bertz CT molecular complexity index is 989. The molecule has 0 aliphatic rings. The van der Waals surface area contributed by atoms with Crippen LogP contribution in [-0.2, 0) is 6.54 Å². The molecule has 0 amide bonds. The van der Waals surface area contributed by atoms with E-state index in [-0.39, 0.29) is 0 Å². The third-order valence-electron chi connectivity index (χ3n) is 4.26. The number of imidazole rings is 1. The van der Waals surface area contributed by atoms with E-state index in [0.29, 0.717) is 6.54 Å². The number of aromatic nitrogens is 4. The Hall–Kier alpha value is -3.27. The Morgan fingerprint density at radius 1 is 0.840 bits per heavy atom. The molecular formula is C21H18N4. The first kappa shape index (κ1) is 15.3. The molecule has 2 aromatic heterocycles. The van der Waals surface area contributed by atoms with Gasteiger partial charge < -0.3 is 4.57 Å². The lowest BCUT2D eigenvalue weighted by Crippen LogP contribution is -2.04. The maximum atomic E-state index is 4.26. The lowest BCUT2D eigenvalue weighted by atomic mass is 10.00. The minimum Gasteiger partial charge on any atom is -0.329 e. The molecule has 25 heavy (non-hydrogen) atoms. The SMILES string of the molecule is Cc1nccn1Cc1cc(-c2cccc(-c3ccccc3)c2)cnn1. The van der Waals surface area contributed by atoms with Crippen molar-refractivity contribution in [1.29, 1.82) is 0 Å². The molecule has 0 bridgehead atoms. The van der Waals surface area contributed by atoms with Gasteiger partial charge in [-0.25, -0.2) is 4.98 Å². The highest BCUT2D eigenvalue weighted by Gasteiger charge is 2.06. The molecule has 0 aliphatic carbocycles. The summed E-state index contributed by atoms with van der Waals surface area (Å²) in [5.41, 5.74) is 5.53. The lowest BCUT2D eigenvalue weighted by Gasteiger charge is -2.08. The van der Waals surface area contributed by atoms with E-state index in [1.807, 2.05) is 25.4 Å². The Morgan fingerprint density at radius 3 is 2.36 bits per heavy atom. The molecule has 0 spiro atoms. The predicted molar refractivity (Wildman–Crippen MR) is 99.0 cm³/mol. The van der Waals surface area contributed by atoms with Crippen molar-refractivity contribution in [3.05, 3.63) is 90.8 Å². The second-order valence-corrected chi connectivity index (χ2v) is 5.98. The van der Waals surface area contributed by atoms with Crippen LogP contribution in [0.1, 0.15) is 11.5 Å². The highest BCUT2D eigenvalue weighted by atomic mass is 15.1. The van der Waals surface area contributed by atoms with Gasteiger partial charge in [-0.1, -0.05) is 48.5 Å². The molecule has 0 unspecified atom stereocenters. The Morgan fingerprint density at radius 2 is 1.60 bits per heavy atom. The van der Waals surface area contributed by atoms with Gasteiger partial charge in [-0.3, -0.25) is 0 Å². The highest BCUT2D eigenvalue weighted by molar-refractivity contribution is 5.72. The fourth-order valence-corrected chi connectivity index (χ4v) is 2.90. The van der Waals surface area contributed by atoms with Crippen molar-refractivity contribution in [3.8, 4) is 22.3 Å². The van der Waals surface area contributed by atoms with Gasteiger partial charge in [0.2, 0.25) is 0 Å².